The Morgan fingerprint density at radius 2 is 0.814 bits per heavy atom. The maximum absolute atomic E-state index is 5.52. The normalized spacial score (nSPS) is 12.7. The minimum atomic E-state index is -0.157. The van der Waals surface area contributed by atoms with Gasteiger partial charge < -0.3 is 0 Å². The Kier molecular flexibility index (Phi) is 8.12. The van der Waals surface area contributed by atoms with Crippen LogP contribution in [-0.2, 0) is 5.41 Å². The zero-order valence-corrected chi connectivity index (χ0v) is 32.8. The highest BCUT2D eigenvalue weighted by atomic mass is 15.0. The third-order valence-electron chi connectivity index (χ3n) is 12.0. The summed E-state index contributed by atoms with van der Waals surface area (Å²) in [7, 11) is 0. The summed E-state index contributed by atoms with van der Waals surface area (Å²) in [6.45, 7) is 4.66. The van der Waals surface area contributed by atoms with Gasteiger partial charge in [-0.25, -0.2) is 19.9 Å². The number of benzene rings is 8. The Morgan fingerprint density at radius 1 is 0.305 bits per heavy atom. The van der Waals surface area contributed by atoms with E-state index in [0.717, 1.165) is 71.9 Å². The molecule has 0 spiro atoms. The molecule has 0 bridgehead atoms. The first kappa shape index (κ1) is 34.7. The average Bonchev–Trinajstić information content (AvgIpc) is 3.53. The van der Waals surface area contributed by atoms with Crippen molar-refractivity contribution in [2.75, 3.05) is 0 Å². The SMILES string of the molecule is CC1(C)c2ccccc2-c2cc3c(-c4ccc(-c5nc(-c6ccccc6)nc(-c6ccccc6)n5)c5ccccc45)cc(-c4ccccc4-c4ccccc4)nc3cc21. The second-order valence-corrected chi connectivity index (χ2v) is 15.8. The van der Waals surface area contributed by atoms with Gasteiger partial charge in [0.05, 0.1) is 11.2 Å². The molecule has 278 valence electrons. The van der Waals surface area contributed by atoms with E-state index in [1.807, 2.05) is 60.7 Å². The monoisotopic (exact) mass is 754 g/mol. The summed E-state index contributed by atoms with van der Waals surface area (Å²) in [6.07, 6.45) is 0. The maximum atomic E-state index is 5.52. The fraction of sp³-hybridized carbons (Fsp3) is 0.0545. The lowest BCUT2D eigenvalue weighted by Gasteiger charge is -2.22. The molecule has 1 aliphatic carbocycles. The summed E-state index contributed by atoms with van der Waals surface area (Å²) >= 11 is 0. The van der Waals surface area contributed by atoms with Gasteiger partial charge in [0, 0.05) is 33.1 Å². The predicted octanol–water partition coefficient (Wildman–Crippen LogP) is 13.9. The largest absolute Gasteiger partial charge is 0.248 e. The first-order chi connectivity index (χ1) is 29.0. The van der Waals surface area contributed by atoms with Crippen molar-refractivity contribution in [1.82, 2.24) is 19.9 Å². The van der Waals surface area contributed by atoms with Gasteiger partial charge in [0.15, 0.2) is 17.5 Å². The number of hydrogen-bond donors (Lipinski definition) is 0. The number of aromatic nitrogens is 4. The van der Waals surface area contributed by atoms with Gasteiger partial charge in [0.25, 0.3) is 0 Å². The first-order valence-corrected chi connectivity index (χ1v) is 20.1. The van der Waals surface area contributed by atoms with Crippen molar-refractivity contribution < 1.29 is 0 Å². The lowest BCUT2D eigenvalue weighted by atomic mass is 9.82. The molecule has 0 unspecified atom stereocenters. The fourth-order valence-corrected chi connectivity index (χ4v) is 9.02. The van der Waals surface area contributed by atoms with Crippen molar-refractivity contribution in [3.8, 4) is 78.8 Å². The third-order valence-corrected chi connectivity index (χ3v) is 12.0. The molecule has 0 amide bonds. The molecule has 4 nitrogen and oxygen atoms in total. The molecule has 4 heteroatoms. The van der Waals surface area contributed by atoms with E-state index in [1.165, 1.54) is 22.3 Å². The highest BCUT2D eigenvalue weighted by molar-refractivity contribution is 6.11. The zero-order valence-electron chi connectivity index (χ0n) is 32.8. The van der Waals surface area contributed by atoms with Gasteiger partial charge in [-0.1, -0.05) is 184 Å². The van der Waals surface area contributed by atoms with E-state index in [2.05, 4.69) is 147 Å². The van der Waals surface area contributed by atoms with Crippen LogP contribution in [0.3, 0.4) is 0 Å². The first-order valence-electron chi connectivity index (χ1n) is 20.1. The van der Waals surface area contributed by atoms with Crippen molar-refractivity contribution in [3.63, 3.8) is 0 Å². The van der Waals surface area contributed by atoms with Crippen LogP contribution in [0.1, 0.15) is 25.0 Å². The fourth-order valence-electron chi connectivity index (χ4n) is 9.02. The van der Waals surface area contributed by atoms with E-state index in [4.69, 9.17) is 19.9 Å². The van der Waals surface area contributed by atoms with E-state index in [1.54, 1.807) is 0 Å². The molecule has 0 atom stereocenters. The van der Waals surface area contributed by atoms with Crippen LogP contribution >= 0.6 is 0 Å². The molecular weight excluding hydrogens is 717 g/mol. The summed E-state index contributed by atoms with van der Waals surface area (Å²) in [5.41, 5.74) is 15.5. The molecule has 0 saturated carbocycles. The van der Waals surface area contributed by atoms with E-state index < -0.39 is 0 Å². The lowest BCUT2D eigenvalue weighted by Crippen LogP contribution is -2.14. The van der Waals surface area contributed by atoms with Crippen molar-refractivity contribution in [1.29, 1.82) is 0 Å². The highest BCUT2D eigenvalue weighted by Gasteiger charge is 2.36. The van der Waals surface area contributed by atoms with E-state index in [0.29, 0.717) is 17.5 Å². The van der Waals surface area contributed by atoms with Crippen molar-refractivity contribution in [2.45, 2.75) is 19.3 Å². The highest BCUT2D eigenvalue weighted by Crippen LogP contribution is 2.51. The molecule has 0 saturated heterocycles. The van der Waals surface area contributed by atoms with Gasteiger partial charge in [0.2, 0.25) is 0 Å². The smallest absolute Gasteiger partial charge is 0.164 e. The Labute approximate surface area is 343 Å². The maximum Gasteiger partial charge on any atom is 0.164 e. The topological polar surface area (TPSA) is 51.6 Å². The van der Waals surface area contributed by atoms with Gasteiger partial charge in [-0.3, -0.25) is 0 Å². The average molecular weight is 755 g/mol. The Balaban J connectivity index is 1.17. The molecule has 0 N–H and O–H groups in total. The summed E-state index contributed by atoms with van der Waals surface area (Å²) in [6, 6.07) is 68.5. The second-order valence-electron chi connectivity index (χ2n) is 15.8. The van der Waals surface area contributed by atoms with Crippen LogP contribution in [0.4, 0.5) is 0 Å². The molecule has 11 rings (SSSR count). The van der Waals surface area contributed by atoms with Crippen LogP contribution in [0, 0.1) is 0 Å². The summed E-state index contributed by atoms with van der Waals surface area (Å²) in [5.74, 6) is 1.91. The van der Waals surface area contributed by atoms with E-state index in [-0.39, 0.29) is 5.41 Å². The van der Waals surface area contributed by atoms with Gasteiger partial charge in [-0.05, 0) is 79.5 Å². The van der Waals surface area contributed by atoms with E-state index >= 15 is 0 Å². The molecule has 1 aliphatic rings. The molecule has 0 fully saturated rings. The molecule has 10 aromatic rings. The summed E-state index contributed by atoms with van der Waals surface area (Å²) < 4.78 is 0. The third kappa shape index (κ3) is 5.83. The summed E-state index contributed by atoms with van der Waals surface area (Å²) in [4.78, 5) is 20.8. The van der Waals surface area contributed by atoms with Crippen LogP contribution in [0.15, 0.2) is 194 Å². The molecule has 2 heterocycles. The van der Waals surface area contributed by atoms with Crippen molar-refractivity contribution in [3.05, 3.63) is 205 Å². The molecule has 0 radical (unpaired) electrons. The van der Waals surface area contributed by atoms with Crippen LogP contribution in [-0.4, -0.2) is 19.9 Å². The summed E-state index contributed by atoms with van der Waals surface area (Å²) in [5, 5.41) is 3.30. The number of rotatable bonds is 6. The number of nitrogens with zero attached hydrogens (tertiary/aromatic N) is 4. The predicted molar refractivity (Wildman–Crippen MR) is 243 cm³/mol. The van der Waals surface area contributed by atoms with Crippen LogP contribution < -0.4 is 0 Å². The van der Waals surface area contributed by atoms with Gasteiger partial charge >= 0.3 is 0 Å². The Bertz CT molecular complexity index is 3170. The van der Waals surface area contributed by atoms with Gasteiger partial charge in [-0.2, -0.15) is 0 Å². The van der Waals surface area contributed by atoms with Gasteiger partial charge in [0.1, 0.15) is 0 Å². The van der Waals surface area contributed by atoms with Crippen LogP contribution in [0.5, 0.6) is 0 Å². The minimum absolute atomic E-state index is 0.157. The van der Waals surface area contributed by atoms with Gasteiger partial charge in [-0.15, -0.1) is 0 Å². The van der Waals surface area contributed by atoms with E-state index in [9.17, 15) is 0 Å². The second kappa shape index (κ2) is 13.8. The van der Waals surface area contributed by atoms with Crippen molar-refractivity contribution >= 4 is 21.7 Å². The molecule has 59 heavy (non-hydrogen) atoms. The molecule has 2 aromatic heterocycles. The molecular formula is C55H38N4. The minimum Gasteiger partial charge on any atom is -0.248 e. The van der Waals surface area contributed by atoms with Crippen LogP contribution in [0.25, 0.3) is 100 Å². The van der Waals surface area contributed by atoms with Crippen LogP contribution in [0.2, 0.25) is 0 Å². The molecule has 0 aliphatic heterocycles. The Morgan fingerprint density at radius 3 is 1.47 bits per heavy atom. The standard InChI is InChI=1S/C55H38N4/c1-55(2)48-29-17-16-27-42(48)46-32-47-45(33-50(56-51(47)34-49(46)55)43-28-15-12-24-38(43)35-18-6-3-7-19-35)41-30-31-44(40-26-14-13-25-39(40)41)54-58-52(36-20-8-4-9-21-36)57-53(59-54)37-22-10-5-11-23-37/h3-34H,1-2H3. The lowest BCUT2D eigenvalue weighted by molar-refractivity contribution is 0.661. The number of fused-ring (bicyclic) bond motifs is 5. The number of pyridine rings is 1. The molecule has 8 aromatic carbocycles. The van der Waals surface area contributed by atoms with Crippen molar-refractivity contribution in [2.24, 2.45) is 0 Å². The Hall–Kier alpha value is -7.56. The zero-order chi connectivity index (χ0) is 39.5. The quantitative estimate of drug-likeness (QED) is 0.170. The number of hydrogen-bond acceptors (Lipinski definition) is 4.